The summed E-state index contributed by atoms with van der Waals surface area (Å²) in [5.41, 5.74) is 4.43. The fourth-order valence-electron chi connectivity index (χ4n) is 3.19. The Bertz CT molecular complexity index is 851. The van der Waals surface area contributed by atoms with Crippen LogP contribution in [0.4, 0.5) is 0 Å². The molecule has 3 heterocycles. The minimum absolute atomic E-state index is 0.781. The van der Waals surface area contributed by atoms with E-state index < -0.39 is 0 Å². The lowest BCUT2D eigenvalue weighted by Gasteiger charge is -2.24. The van der Waals surface area contributed by atoms with Crippen LogP contribution in [-0.2, 0) is 25.9 Å². The molecule has 0 saturated heterocycles. The van der Waals surface area contributed by atoms with Gasteiger partial charge in [0.1, 0.15) is 11.6 Å². The quantitative estimate of drug-likeness (QED) is 0.774. The van der Waals surface area contributed by atoms with E-state index in [9.17, 15) is 0 Å². The van der Waals surface area contributed by atoms with Crippen molar-refractivity contribution in [2.75, 3.05) is 13.7 Å². The van der Waals surface area contributed by atoms with Gasteiger partial charge in [-0.15, -0.1) is 0 Å². The molecule has 0 saturated carbocycles. The molecule has 0 atom stereocenters. The molecule has 0 aliphatic carbocycles. The highest BCUT2D eigenvalue weighted by Gasteiger charge is 2.21. The number of rotatable bonds is 5. The largest absolute Gasteiger partial charge is 0.497 e. The maximum absolute atomic E-state index is 5.41. The third-order valence-corrected chi connectivity index (χ3v) is 4.62. The Morgan fingerprint density at radius 1 is 1.28 bits per heavy atom. The average molecular weight is 338 g/mol. The van der Waals surface area contributed by atoms with Gasteiger partial charge in [0.15, 0.2) is 5.76 Å². The van der Waals surface area contributed by atoms with E-state index >= 15 is 0 Å². The van der Waals surface area contributed by atoms with Crippen molar-refractivity contribution >= 4 is 0 Å². The van der Waals surface area contributed by atoms with E-state index in [1.807, 2.05) is 30.3 Å². The molecular weight excluding hydrogens is 316 g/mol. The van der Waals surface area contributed by atoms with Crippen molar-refractivity contribution in [3.05, 3.63) is 53.2 Å². The third kappa shape index (κ3) is 3.30. The SMILES string of the molecule is CCc1cc(CN2CCc3nc(-c4ccc(OC)cc4)[nH]c3C2)on1. The van der Waals surface area contributed by atoms with E-state index in [0.29, 0.717) is 0 Å². The fourth-order valence-corrected chi connectivity index (χ4v) is 3.19. The van der Waals surface area contributed by atoms with E-state index in [2.05, 4.69) is 22.0 Å². The summed E-state index contributed by atoms with van der Waals surface area (Å²) in [6.07, 6.45) is 1.84. The number of aryl methyl sites for hydroxylation is 1. The monoisotopic (exact) mass is 338 g/mol. The number of hydrogen-bond donors (Lipinski definition) is 1. The van der Waals surface area contributed by atoms with Crippen LogP contribution in [0.25, 0.3) is 11.4 Å². The molecule has 130 valence electrons. The number of hydrogen-bond acceptors (Lipinski definition) is 5. The Kier molecular flexibility index (Phi) is 4.28. The second-order valence-electron chi connectivity index (χ2n) is 6.34. The number of ether oxygens (including phenoxy) is 1. The highest BCUT2D eigenvalue weighted by atomic mass is 16.5. The number of nitrogens with one attached hydrogen (secondary N) is 1. The molecule has 1 aliphatic heterocycles. The van der Waals surface area contributed by atoms with Gasteiger partial charge in [-0.25, -0.2) is 4.98 Å². The van der Waals surface area contributed by atoms with Crippen molar-refractivity contribution in [3.63, 3.8) is 0 Å². The van der Waals surface area contributed by atoms with Crippen LogP contribution >= 0.6 is 0 Å². The highest BCUT2D eigenvalue weighted by molar-refractivity contribution is 5.57. The standard InChI is InChI=1S/C19H22N4O2/c1-3-14-10-16(25-22-14)11-23-9-8-17-18(12-23)21-19(20-17)13-4-6-15(24-2)7-5-13/h4-7,10H,3,8-9,11-12H2,1-2H3,(H,20,21). The molecule has 0 fully saturated rings. The summed E-state index contributed by atoms with van der Waals surface area (Å²) in [4.78, 5) is 10.6. The summed E-state index contributed by atoms with van der Waals surface area (Å²) in [5, 5.41) is 4.07. The summed E-state index contributed by atoms with van der Waals surface area (Å²) in [6.45, 7) is 4.69. The van der Waals surface area contributed by atoms with Gasteiger partial charge in [-0.05, 0) is 30.7 Å². The molecule has 0 radical (unpaired) electrons. The van der Waals surface area contributed by atoms with Gasteiger partial charge < -0.3 is 14.2 Å². The normalized spacial score (nSPS) is 14.5. The second kappa shape index (κ2) is 6.72. The molecule has 0 bridgehead atoms. The number of fused-ring (bicyclic) bond motifs is 1. The summed E-state index contributed by atoms with van der Waals surface area (Å²) < 4.78 is 10.6. The molecule has 0 unspecified atom stereocenters. The first-order valence-electron chi connectivity index (χ1n) is 8.64. The molecule has 6 heteroatoms. The zero-order valence-corrected chi connectivity index (χ0v) is 14.6. The minimum atomic E-state index is 0.781. The number of methoxy groups -OCH3 is 1. The minimum Gasteiger partial charge on any atom is -0.497 e. The topological polar surface area (TPSA) is 67.2 Å². The van der Waals surface area contributed by atoms with Crippen LogP contribution in [0, 0.1) is 0 Å². The van der Waals surface area contributed by atoms with Crippen LogP contribution in [0.5, 0.6) is 5.75 Å². The smallest absolute Gasteiger partial charge is 0.150 e. The Morgan fingerprint density at radius 2 is 2.12 bits per heavy atom. The fraction of sp³-hybridized carbons (Fsp3) is 0.368. The summed E-state index contributed by atoms with van der Waals surface area (Å²) in [7, 11) is 1.67. The third-order valence-electron chi connectivity index (χ3n) is 4.62. The molecule has 1 aliphatic rings. The van der Waals surface area contributed by atoms with Gasteiger partial charge in [-0.1, -0.05) is 12.1 Å². The number of benzene rings is 1. The van der Waals surface area contributed by atoms with E-state index in [-0.39, 0.29) is 0 Å². The zero-order valence-electron chi connectivity index (χ0n) is 14.6. The second-order valence-corrected chi connectivity index (χ2v) is 6.34. The highest BCUT2D eigenvalue weighted by Crippen LogP contribution is 2.25. The molecule has 0 amide bonds. The van der Waals surface area contributed by atoms with Crippen molar-refractivity contribution in [2.45, 2.75) is 32.9 Å². The lowest BCUT2D eigenvalue weighted by molar-refractivity contribution is 0.211. The van der Waals surface area contributed by atoms with Gasteiger partial charge in [0, 0.05) is 31.1 Å². The van der Waals surface area contributed by atoms with Crippen molar-refractivity contribution in [1.29, 1.82) is 0 Å². The van der Waals surface area contributed by atoms with Crippen molar-refractivity contribution in [2.24, 2.45) is 0 Å². The number of imidazole rings is 1. The van der Waals surface area contributed by atoms with Crippen LogP contribution in [0.15, 0.2) is 34.9 Å². The molecule has 4 rings (SSSR count). The van der Waals surface area contributed by atoms with E-state index in [1.165, 1.54) is 5.69 Å². The summed E-state index contributed by atoms with van der Waals surface area (Å²) in [6, 6.07) is 10.0. The van der Waals surface area contributed by atoms with Gasteiger partial charge in [0.05, 0.1) is 30.7 Å². The first-order chi connectivity index (χ1) is 12.2. The van der Waals surface area contributed by atoms with Crippen LogP contribution < -0.4 is 4.74 Å². The number of nitrogens with zero attached hydrogens (tertiary/aromatic N) is 3. The zero-order chi connectivity index (χ0) is 17.2. The van der Waals surface area contributed by atoms with Gasteiger partial charge in [-0.2, -0.15) is 0 Å². The molecule has 0 spiro atoms. The lowest BCUT2D eigenvalue weighted by atomic mass is 10.1. The Balaban J connectivity index is 1.48. The first-order valence-corrected chi connectivity index (χ1v) is 8.64. The van der Waals surface area contributed by atoms with Crippen molar-refractivity contribution in [1.82, 2.24) is 20.0 Å². The first kappa shape index (κ1) is 15.9. The molecule has 1 N–H and O–H groups in total. The number of H-pyrrole nitrogens is 1. The van der Waals surface area contributed by atoms with Gasteiger partial charge in [0.2, 0.25) is 0 Å². The van der Waals surface area contributed by atoms with Crippen molar-refractivity contribution in [3.8, 4) is 17.1 Å². The van der Waals surface area contributed by atoms with Crippen LogP contribution in [-0.4, -0.2) is 33.7 Å². The van der Waals surface area contributed by atoms with E-state index in [0.717, 1.165) is 66.8 Å². The maximum atomic E-state index is 5.41. The van der Waals surface area contributed by atoms with Crippen LogP contribution in [0.2, 0.25) is 0 Å². The lowest BCUT2D eigenvalue weighted by Crippen LogP contribution is -2.29. The number of aromatic nitrogens is 3. The molecule has 25 heavy (non-hydrogen) atoms. The average Bonchev–Trinajstić information content (AvgIpc) is 3.28. The predicted molar refractivity (Wildman–Crippen MR) is 94.3 cm³/mol. The maximum Gasteiger partial charge on any atom is 0.150 e. The van der Waals surface area contributed by atoms with Gasteiger partial charge in [0.25, 0.3) is 0 Å². The van der Waals surface area contributed by atoms with Crippen molar-refractivity contribution < 1.29 is 9.26 Å². The molecule has 6 nitrogen and oxygen atoms in total. The molecular formula is C19H22N4O2. The Morgan fingerprint density at radius 3 is 2.84 bits per heavy atom. The number of aromatic amines is 1. The molecule has 2 aromatic heterocycles. The van der Waals surface area contributed by atoms with Crippen LogP contribution in [0.1, 0.15) is 29.8 Å². The Hall–Kier alpha value is -2.60. The van der Waals surface area contributed by atoms with Gasteiger partial charge in [-0.3, -0.25) is 4.90 Å². The molecule has 3 aromatic rings. The van der Waals surface area contributed by atoms with Crippen LogP contribution in [0.3, 0.4) is 0 Å². The summed E-state index contributed by atoms with van der Waals surface area (Å²) in [5.74, 6) is 2.70. The van der Waals surface area contributed by atoms with E-state index in [4.69, 9.17) is 14.2 Å². The predicted octanol–water partition coefficient (Wildman–Crippen LogP) is 3.19. The van der Waals surface area contributed by atoms with Gasteiger partial charge >= 0.3 is 0 Å². The van der Waals surface area contributed by atoms with E-state index in [1.54, 1.807) is 7.11 Å². The molecule has 1 aromatic carbocycles. The Labute approximate surface area is 146 Å². The summed E-state index contributed by atoms with van der Waals surface area (Å²) >= 11 is 0.